The van der Waals surface area contributed by atoms with E-state index in [1.165, 1.54) is 44.1 Å². The van der Waals surface area contributed by atoms with Crippen LogP contribution >= 0.6 is 0 Å². The predicted octanol–water partition coefficient (Wildman–Crippen LogP) is 7.40. The van der Waals surface area contributed by atoms with Crippen LogP contribution in [0, 0.1) is 23.7 Å². The highest BCUT2D eigenvalue weighted by Gasteiger charge is 2.11. The minimum atomic E-state index is 0.479. The van der Waals surface area contributed by atoms with E-state index in [-0.39, 0.29) is 0 Å². The number of phenolic OH excluding ortho intramolecular Hbond substituents is 1. The van der Waals surface area contributed by atoms with Gasteiger partial charge in [0.15, 0.2) is 0 Å². The van der Waals surface area contributed by atoms with Crippen LogP contribution in [0.25, 0.3) is 0 Å². The van der Waals surface area contributed by atoms with Crippen molar-refractivity contribution in [1.29, 1.82) is 0 Å². The lowest BCUT2D eigenvalue weighted by atomic mass is 9.89. The van der Waals surface area contributed by atoms with Crippen LogP contribution in [0.2, 0.25) is 0 Å². The van der Waals surface area contributed by atoms with Gasteiger partial charge in [0, 0.05) is 0 Å². The average Bonchev–Trinajstić information content (AvgIpc) is 2.59. The van der Waals surface area contributed by atoms with Crippen molar-refractivity contribution in [1.82, 2.24) is 0 Å². The molecule has 1 nitrogen and oxygen atoms in total. The second kappa shape index (κ2) is 11.6. The van der Waals surface area contributed by atoms with Crippen molar-refractivity contribution >= 4 is 0 Å². The molecule has 4 atom stereocenters. The summed E-state index contributed by atoms with van der Waals surface area (Å²) in [4.78, 5) is 0. The molecule has 1 heteroatoms. The van der Waals surface area contributed by atoms with Crippen molar-refractivity contribution in [2.24, 2.45) is 23.7 Å². The smallest absolute Gasteiger partial charge is 0.118 e. The first-order valence-corrected chi connectivity index (χ1v) is 10.7. The van der Waals surface area contributed by atoms with Crippen molar-refractivity contribution in [2.75, 3.05) is 0 Å². The summed E-state index contributed by atoms with van der Waals surface area (Å²) in [5, 5.41) is 10.2. The van der Waals surface area contributed by atoms with Gasteiger partial charge in [-0.15, -0.1) is 0 Å². The second-order valence-corrected chi connectivity index (χ2v) is 8.75. The summed E-state index contributed by atoms with van der Waals surface area (Å²) in [5.41, 5.74) is 2.53. The lowest BCUT2D eigenvalue weighted by Crippen LogP contribution is -2.05. The van der Waals surface area contributed by atoms with Crippen LogP contribution < -0.4 is 0 Å². The maximum atomic E-state index is 10.2. The van der Waals surface area contributed by atoms with Gasteiger partial charge >= 0.3 is 0 Å². The summed E-state index contributed by atoms with van der Waals surface area (Å²) >= 11 is 0. The molecule has 144 valence electrons. The van der Waals surface area contributed by atoms with Crippen LogP contribution in [0.15, 0.2) is 18.2 Å². The molecule has 1 rings (SSSR count). The lowest BCUT2D eigenvalue weighted by Gasteiger charge is -2.17. The summed E-state index contributed by atoms with van der Waals surface area (Å²) in [7, 11) is 0. The van der Waals surface area contributed by atoms with Crippen molar-refractivity contribution in [3.63, 3.8) is 0 Å². The standard InChI is InChI=1S/C24H42O/c1-7-18(3)15-20(5)9-11-22-12-14-24(25)23(17-22)13-10-21(6)16-19(4)8-2/h12,14,17-21,25H,7-11,13,15-16H2,1-6H3. The zero-order chi connectivity index (χ0) is 18.8. The summed E-state index contributed by atoms with van der Waals surface area (Å²) in [6.07, 6.45) is 9.72. The number of aromatic hydroxyl groups is 1. The van der Waals surface area contributed by atoms with Crippen molar-refractivity contribution < 1.29 is 5.11 Å². The maximum absolute atomic E-state index is 10.2. The number of hydrogen-bond acceptors (Lipinski definition) is 1. The molecule has 0 aliphatic heterocycles. The number of rotatable bonds is 12. The SMILES string of the molecule is CCC(C)CC(C)CCc1ccc(O)c(CCC(C)CC(C)CC)c1. The molecule has 0 amide bonds. The van der Waals surface area contributed by atoms with Gasteiger partial charge in [-0.25, -0.2) is 0 Å². The third-order valence-corrected chi connectivity index (χ3v) is 5.98. The van der Waals surface area contributed by atoms with E-state index in [9.17, 15) is 5.11 Å². The number of phenols is 1. The molecule has 0 spiro atoms. The molecular weight excluding hydrogens is 304 g/mol. The van der Waals surface area contributed by atoms with Crippen LogP contribution in [-0.2, 0) is 12.8 Å². The normalized spacial score (nSPS) is 16.4. The molecule has 0 radical (unpaired) electrons. The molecule has 0 aromatic heterocycles. The van der Waals surface area contributed by atoms with E-state index in [4.69, 9.17) is 0 Å². The summed E-state index contributed by atoms with van der Waals surface area (Å²) in [6, 6.07) is 6.27. The molecule has 0 aliphatic rings. The van der Waals surface area contributed by atoms with Crippen molar-refractivity contribution in [2.45, 2.75) is 92.9 Å². The largest absolute Gasteiger partial charge is 0.508 e. The van der Waals surface area contributed by atoms with Gasteiger partial charge in [-0.05, 0) is 79.4 Å². The van der Waals surface area contributed by atoms with Crippen molar-refractivity contribution in [3.05, 3.63) is 29.3 Å². The quantitative estimate of drug-likeness (QED) is 0.418. The Morgan fingerprint density at radius 3 is 1.80 bits per heavy atom. The second-order valence-electron chi connectivity index (χ2n) is 8.75. The summed E-state index contributed by atoms with van der Waals surface area (Å²) in [6.45, 7) is 14.0. The fourth-order valence-electron chi connectivity index (χ4n) is 3.75. The Kier molecular flexibility index (Phi) is 10.2. The highest BCUT2D eigenvalue weighted by Crippen LogP contribution is 2.26. The van der Waals surface area contributed by atoms with Gasteiger partial charge in [0.2, 0.25) is 0 Å². The molecule has 0 saturated heterocycles. The topological polar surface area (TPSA) is 20.2 Å². The van der Waals surface area contributed by atoms with E-state index in [0.29, 0.717) is 5.75 Å². The number of aryl methyl sites for hydroxylation is 2. The zero-order valence-corrected chi connectivity index (χ0v) is 17.6. The zero-order valence-electron chi connectivity index (χ0n) is 17.6. The van der Waals surface area contributed by atoms with E-state index < -0.39 is 0 Å². The summed E-state index contributed by atoms with van der Waals surface area (Å²) in [5.74, 6) is 3.63. The van der Waals surface area contributed by atoms with Gasteiger partial charge in [-0.3, -0.25) is 0 Å². The molecular formula is C24H42O. The van der Waals surface area contributed by atoms with Crippen LogP contribution in [-0.4, -0.2) is 5.11 Å². The highest BCUT2D eigenvalue weighted by atomic mass is 16.3. The van der Waals surface area contributed by atoms with Gasteiger partial charge < -0.3 is 5.11 Å². The molecule has 1 aromatic rings. The Balaban J connectivity index is 2.52. The average molecular weight is 347 g/mol. The first-order valence-electron chi connectivity index (χ1n) is 10.7. The van der Waals surface area contributed by atoms with Crippen LogP contribution in [0.4, 0.5) is 0 Å². The number of hydrogen-bond donors (Lipinski definition) is 1. The predicted molar refractivity (Wildman–Crippen MR) is 111 cm³/mol. The fourth-order valence-corrected chi connectivity index (χ4v) is 3.75. The Bertz CT molecular complexity index is 479. The first-order chi connectivity index (χ1) is 11.8. The highest BCUT2D eigenvalue weighted by molar-refractivity contribution is 5.36. The lowest BCUT2D eigenvalue weighted by molar-refractivity contribution is 0.383. The first kappa shape index (κ1) is 22.1. The molecule has 1 aromatic carbocycles. The Morgan fingerprint density at radius 2 is 1.28 bits per heavy atom. The third-order valence-electron chi connectivity index (χ3n) is 5.98. The maximum Gasteiger partial charge on any atom is 0.118 e. The Morgan fingerprint density at radius 1 is 0.760 bits per heavy atom. The molecule has 0 aliphatic carbocycles. The van der Waals surface area contributed by atoms with Gasteiger partial charge in [0.1, 0.15) is 5.75 Å². The fraction of sp³-hybridized carbons (Fsp3) is 0.750. The molecule has 4 unspecified atom stereocenters. The Labute approximate surface area is 157 Å². The van der Waals surface area contributed by atoms with Crippen LogP contribution in [0.1, 0.15) is 91.2 Å². The molecule has 0 fully saturated rings. The molecule has 0 bridgehead atoms. The minimum absolute atomic E-state index is 0.479. The van der Waals surface area contributed by atoms with Crippen LogP contribution in [0.5, 0.6) is 5.75 Å². The third kappa shape index (κ3) is 8.79. The summed E-state index contributed by atoms with van der Waals surface area (Å²) < 4.78 is 0. The molecule has 0 saturated carbocycles. The van der Waals surface area contributed by atoms with Gasteiger partial charge in [0.05, 0.1) is 0 Å². The molecule has 1 N–H and O–H groups in total. The van der Waals surface area contributed by atoms with Gasteiger partial charge in [-0.2, -0.15) is 0 Å². The molecule has 0 heterocycles. The monoisotopic (exact) mass is 346 g/mol. The van der Waals surface area contributed by atoms with Gasteiger partial charge in [-0.1, -0.05) is 66.5 Å². The van der Waals surface area contributed by atoms with Gasteiger partial charge in [0.25, 0.3) is 0 Å². The van der Waals surface area contributed by atoms with E-state index in [0.717, 1.165) is 42.1 Å². The molecule has 25 heavy (non-hydrogen) atoms. The number of benzene rings is 1. The Hall–Kier alpha value is -0.980. The van der Waals surface area contributed by atoms with E-state index in [1.54, 1.807) is 0 Å². The van der Waals surface area contributed by atoms with E-state index in [1.807, 2.05) is 6.07 Å². The minimum Gasteiger partial charge on any atom is -0.508 e. The van der Waals surface area contributed by atoms with Crippen molar-refractivity contribution in [3.8, 4) is 5.75 Å². The van der Waals surface area contributed by atoms with Crippen LogP contribution in [0.3, 0.4) is 0 Å². The van der Waals surface area contributed by atoms with E-state index in [2.05, 4.69) is 53.7 Å². The van der Waals surface area contributed by atoms with E-state index >= 15 is 0 Å².